The number of carbonyl (C=O) groups excluding carboxylic acids is 3. The Morgan fingerprint density at radius 1 is 0.963 bits per heavy atom. The molecule has 2 rings (SSSR count). The molecule has 4 heteroatoms. The SMILES string of the molecule is CC(C)(C)C(=O)C(=O)C1CCCCC1C(=O)NCCCCc1ccccc1. The van der Waals surface area contributed by atoms with E-state index in [9.17, 15) is 14.4 Å². The first kappa shape index (κ1) is 21.3. The first-order valence-corrected chi connectivity index (χ1v) is 10.2. The zero-order valence-electron chi connectivity index (χ0n) is 16.9. The van der Waals surface area contributed by atoms with Crippen molar-refractivity contribution in [2.24, 2.45) is 17.3 Å². The van der Waals surface area contributed by atoms with Crippen LogP contribution in [0.25, 0.3) is 0 Å². The Kier molecular flexibility index (Phi) is 7.76. The fourth-order valence-electron chi connectivity index (χ4n) is 3.74. The molecule has 0 aromatic heterocycles. The fourth-order valence-corrected chi connectivity index (χ4v) is 3.74. The summed E-state index contributed by atoms with van der Waals surface area (Å²) in [6.45, 7) is 5.91. The summed E-state index contributed by atoms with van der Waals surface area (Å²) in [6.07, 6.45) is 6.12. The number of Topliss-reactive ketones (excluding diaryl/α,β-unsaturated/α-hetero) is 2. The summed E-state index contributed by atoms with van der Waals surface area (Å²) >= 11 is 0. The van der Waals surface area contributed by atoms with E-state index in [1.165, 1.54) is 5.56 Å². The largest absolute Gasteiger partial charge is 0.356 e. The minimum atomic E-state index is -0.688. The van der Waals surface area contributed by atoms with Crippen LogP contribution >= 0.6 is 0 Å². The maximum absolute atomic E-state index is 12.7. The number of aryl methyl sites for hydroxylation is 1. The number of amides is 1. The van der Waals surface area contributed by atoms with Crippen LogP contribution < -0.4 is 5.32 Å². The van der Waals surface area contributed by atoms with Gasteiger partial charge in [0.25, 0.3) is 0 Å². The first-order chi connectivity index (χ1) is 12.8. The summed E-state index contributed by atoms with van der Waals surface area (Å²) in [6, 6.07) is 10.3. The highest BCUT2D eigenvalue weighted by Crippen LogP contribution is 2.33. The quantitative estimate of drug-likeness (QED) is 0.552. The van der Waals surface area contributed by atoms with E-state index in [2.05, 4.69) is 17.4 Å². The second kappa shape index (κ2) is 9.82. The molecule has 0 heterocycles. The van der Waals surface area contributed by atoms with Crippen molar-refractivity contribution in [3.05, 3.63) is 35.9 Å². The van der Waals surface area contributed by atoms with Gasteiger partial charge in [-0.05, 0) is 37.7 Å². The van der Waals surface area contributed by atoms with E-state index in [0.29, 0.717) is 19.4 Å². The minimum absolute atomic E-state index is 0.0607. The van der Waals surface area contributed by atoms with Crippen LogP contribution in [0.1, 0.15) is 64.9 Å². The molecule has 1 N–H and O–H groups in total. The molecule has 2 atom stereocenters. The molecule has 4 nitrogen and oxygen atoms in total. The number of hydrogen-bond acceptors (Lipinski definition) is 3. The van der Waals surface area contributed by atoms with Crippen LogP contribution in [-0.4, -0.2) is 24.0 Å². The number of ketones is 2. The highest BCUT2D eigenvalue weighted by atomic mass is 16.2. The van der Waals surface area contributed by atoms with Crippen molar-refractivity contribution in [2.45, 2.75) is 65.7 Å². The van der Waals surface area contributed by atoms with Gasteiger partial charge in [0.05, 0.1) is 0 Å². The molecular weight excluding hydrogens is 338 g/mol. The van der Waals surface area contributed by atoms with E-state index in [0.717, 1.165) is 32.1 Å². The molecule has 0 saturated heterocycles. The Hall–Kier alpha value is -1.97. The molecule has 0 radical (unpaired) electrons. The number of carbonyl (C=O) groups is 3. The van der Waals surface area contributed by atoms with E-state index in [-0.39, 0.29) is 23.4 Å². The van der Waals surface area contributed by atoms with E-state index in [4.69, 9.17) is 0 Å². The normalized spacial score (nSPS) is 20.1. The van der Waals surface area contributed by atoms with Crippen LogP contribution in [0.15, 0.2) is 30.3 Å². The van der Waals surface area contributed by atoms with Crippen LogP contribution in [-0.2, 0) is 20.8 Å². The number of hydrogen-bond donors (Lipinski definition) is 1. The van der Waals surface area contributed by atoms with Crippen LogP contribution in [0.4, 0.5) is 0 Å². The van der Waals surface area contributed by atoms with Gasteiger partial charge in [-0.15, -0.1) is 0 Å². The molecule has 0 bridgehead atoms. The Bertz CT molecular complexity index is 645. The standard InChI is InChI=1S/C23H33NO3/c1-23(2,3)21(26)20(25)18-14-7-8-15-19(18)22(27)24-16-10-9-13-17-11-5-4-6-12-17/h4-6,11-12,18-19H,7-10,13-16H2,1-3H3,(H,24,27). The van der Waals surface area contributed by atoms with Crippen molar-refractivity contribution in [1.29, 1.82) is 0 Å². The molecular formula is C23H33NO3. The molecule has 1 amide bonds. The van der Waals surface area contributed by atoms with Crippen LogP contribution in [0.3, 0.4) is 0 Å². The van der Waals surface area contributed by atoms with Gasteiger partial charge in [0, 0.05) is 23.8 Å². The summed E-state index contributed by atoms with van der Waals surface area (Å²) < 4.78 is 0. The first-order valence-electron chi connectivity index (χ1n) is 10.2. The molecule has 2 unspecified atom stereocenters. The Labute approximate surface area is 163 Å². The van der Waals surface area contributed by atoms with Crippen molar-refractivity contribution in [3.8, 4) is 0 Å². The molecule has 27 heavy (non-hydrogen) atoms. The summed E-state index contributed by atoms with van der Waals surface area (Å²) in [5, 5.41) is 3.00. The zero-order chi connectivity index (χ0) is 19.9. The molecule has 1 aromatic carbocycles. The van der Waals surface area contributed by atoms with Gasteiger partial charge in [-0.3, -0.25) is 14.4 Å². The van der Waals surface area contributed by atoms with E-state index >= 15 is 0 Å². The smallest absolute Gasteiger partial charge is 0.223 e. The maximum Gasteiger partial charge on any atom is 0.223 e. The van der Waals surface area contributed by atoms with Crippen LogP contribution in [0, 0.1) is 17.3 Å². The highest BCUT2D eigenvalue weighted by molar-refractivity contribution is 6.40. The number of benzene rings is 1. The molecule has 1 aliphatic carbocycles. The van der Waals surface area contributed by atoms with Crippen LogP contribution in [0.2, 0.25) is 0 Å². The van der Waals surface area contributed by atoms with Gasteiger partial charge >= 0.3 is 0 Å². The Morgan fingerprint density at radius 2 is 1.59 bits per heavy atom. The van der Waals surface area contributed by atoms with Gasteiger partial charge in [0.1, 0.15) is 0 Å². The van der Waals surface area contributed by atoms with Gasteiger partial charge in [0.15, 0.2) is 0 Å². The average Bonchev–Trinajstić information content (AvgIpc) is 2.66. The summed E-state index contributed by atoms with van der Waals surface area (Å²) in [7, 11) is 0. The van der Waals surface area contributed by atoms with Gasteiger partial charge < -0.3 is 5.32 Å². The topological polar surface area (TPSA) is 63.2 Å². The monoisotopic (exact) mass is 371 g/mol. The third-order valence-corrected chi connectivity index (χ3v) is 5.38. The van der Waals surface area contributed by atoms with E-state index in [1.807, 2.05) is 18.2 Å². The van der Waals surface area contributed by atoms with E-state index < -0.39 is 11.3 Å². The lowest BCUT2D eigenvalue weighted by molar-refractivity contribution is -0.147. The third kappa shape index (κ3) is 6.30. The summed E-state index contributed by atoms with van der Waals surface area (Å²) in [5.74, 6) is -1.57. The molecule has 1 aromatic rings. The van der Waals surface area contributed by atoms with Crippen molar-refractivity contribution in [1.82, 2.24) is 5.32 Å². The number of nitrogens with one attached hydrogen (secondary N) is 1. The highest BCUT2D eigenvalue weighted by Gasteiger charge is 2.41. The molecule has 0 spiro atoms. The predicted molar refractivity (Wildman–Crippen MR) is 107 cm³/mol. The fraction of sp³-hybridized carbons (Fsp3) is 0.609. The lowest BCUT2D eigenvalue weighted by Gasteiger charge is -2.30. The molecule has 0 aliphatic heterocycles. The van der Waals surface area contributed by atoms with Gasteiger partial charge in [-0.2, -0.15) is 0 Å². The van der Waals surface area contributed by atoms with Crippen LogP contribution in [0.5, 0.6) is 0 Å². The lowest BCUT2D eigenvalue weighted by Crippen LogP contribution is -2.44. The van der Waals surface area contributed by atoms with Crippen molar-refractivity contribution in [3.63, 3.8) is 0 Å². The van der Waals surface area contributed by atoms with Crippen molar-refractivity contribution < 1.29 is 14.4 Å². The average molecular weight is 372 g/mol. The molecule has 1 saturated carbocycles. The summed E-state index contributed by atoms with van der Waals surface area (Å²) in [4.78, 5) is 37.7. The lowest BCUT2D eigenvalue weighted by atomic mass is 9.72. The van der Waals surface area contributed by atoms with Crippen molar-refractivity contribution >= 4 is 17.5 Å². The minimum Gasteiger partial charge on any atom is -0.356 e. The van der Waals surface area contributed by atoms with Gasteiger partial charge in [-0.25, -0.2) is 0 Å². The van der Waals surface area contributed by atoms with Gasteiger partial charge in [-0.1, -0.05) is 63.9 Å². The third-order valence-electron chi connectivity index (χ3n) is 5.38. The maximum atomic E-state index is 12.7. The van der Waals surface area contributed by atoms with Gasteiger partial charge in [0.2, 0.25) is 17.5 Å². The molecule has 148 valence electrons. The molecule has 1 aliphatic rings. The number of unbranched alkanes of at least 4 members (excludes halogenated alkanes) is 1. The molecule has 1 fully saturated rings. The number of rotatable bonds is 8. The summed E-state index contributed by atoms with van der Waals surface area (Å²) in [5.41, 5.74) is 0.620. The second-order valence-corrected chi connectivity index (χ2v) is 8.67. The predicted octanol–water partition coefficient (Wildman–Crippen LogP) is 4.12. The van der Waals surface area contributed by atoms with E-state index in [1.54, 1.807) is 20.8 Å². The Balaban J connectivity index is 1.82. The zero-order valence-corrected chi connectivity index (χ0v) is 16.9. The Morgan fingerprint density at radius 3 is 2.22 bits per heavy atom. The second-order valence-electron chi connectivity index (χ2n) is 8.67. The van der Waals surface area contributed by atoms with Crippen molar-refractivity contribution in [2.75, 3.05) is 6.54 Å².